The molecular formula is C8H18N2O. The summed E-state index contributed by atoms with van der Waals surface area (Å²) in [5.41, 5.74) is 5.92. The zero-order valence-corrected chi connectivity index (χ0v) is 7.14. The molecule has 2 unspecified atom stereocenters. The fourth-order valence-electron chi connectivity index (χ4n) is 1.55. The van der Waals surface area contributed by atoms with Gasteiger partial charge in [-0.1, -0.05) is 6.92 Å². The molecule has 0 amide bonds. The monoisotopic (exact) mass is 158 g/mol. The minimum absolute atomic E-state index is 0.174. The quantitative estimate of drug-likeness (QED) is 0.517. The van der Waals surface area contributed by atoms with E-state index in [0.717, 1.165) is 25.9 Å². The van der Waals surface area contributed by atoms with Crippen molar-refractivity contribution >= 4 is 0 Å². The third-order valence-corrected chi connectivity index (χ3v) is 2.71. The molecular weight excluding hydrogens is 140 g/mol. The molecule has 0 radical (unpaired) electrons. The number of piperidine rings is 1. The van der Waals surface area contributed by atoms with Crippen LogP contribution in [0.25, 0.3) is 0 Å². The molecule has 3 heteroatoms. The van der Waals surface area contributed by atoms with Gasteiger partial charge in [0.25, 0.3) is 0 Å². The first-order chi connectivity index (χ1) is 5.19. The van der Waals surface area contributed by atoms with Crippen molar-refractivity contribution in [2.75, 3.05) is 19.7 Å². The maximum atomic E-state index is 8.94. The maximum Gasteiger partial charge on any atom is 0.0474 e. The Morgan fingerprint density at radius 3 is 2.91 bits per heavy atom. The van der Waals surface area contributed by atoms with Gasteiger partial charge < -0.3 is 16.2 Å². The van der Waals surface area contributed by atoms with Crippen LogP contribution in [0.5, 0.6) is 0 Å². The normalized spacial score (nSPS) is 35.2. The van der Waals surface area contributed by atoms with Crippen molar-refractivity contribution < 1.29 is 5.11 Å². The first kappa shape index (κ1) is 8.97. The fraction of sp³-hybridized carbons (Fsp3) is 1.00. The standard InChI is InChI=1S/C8H18N2O/c1-7(5-11)8(9)3-2-4-10-6-8/h7,10-11H,2-6,9H2,1H3. The second kappa shape index (κ2) is 3.52. The van der Waals surface area contributed by atoms with E-state index in [2.05, 4.69) is 5.32 Å². The Hall–Kier alpha value is -0.120. The summed E-state index contributed by atoms with van der Waals surface area (Å²) in [6.07, 6.45) is 2.16. The van der Waals surface area contributed by atoms with Crippen molar-refractivity contribution in [1.29, 1.82) is 0 Å². The van der Waals surface area contributed by atoms with Gasteiger partial charge in [0.05, 0.1) is 0 Å². The van der Waals surface area contributed by atoms with E-state index in [1.165, 1.54) is 0 Å². The Bertz CT molecular complexity index is 121. The summed E-state index contributed by atoms with van der Waals surface area (Å²) >= 11 is 0. The lowest BCUT2D eigenvalue weighted by Crippen LogP contribution is -2.57. The summed E-state index contributed by atoms with van der Waals surface area (Å²) in [5, 5.41) is 12.2. The molecule has 0 saturated carbocycles. The summed E-state index contributed by atoms with van der Waals surface area (Å²) in [7, 11) is 0. The van der Waals surface area contributed by atoms with Gasteiger partial charge in [-0.3, -0.25) is 0 Å². The third-order valence-electron chi connectivity index (χ3n) is 2.71. The first-order valence-corrected chi connectivity index (χ1v) is 4.29. The van der Waals surface area contributed by atoms with E-state index in [9.17, 15) is 0 Å². The van der Waals surface area contributed by atoms with E-state index in [4.69, 9.17) is 10.8 Å². The molecule has 1 aliphatic rings. The molecule has 0 aliphatic carbocycles. The van der Waals surface area contributed by atoms with E-state index in [1.54, 1.807) is 0 Å². The fourth-order valence-corrected chi connectivity index (χ4v) is 1.55. The average Bonchev–Trinajstić information content (AvgIpc) is 2.04. The Balaban J connectivity index is 2.49. The molecule has 66 valence electrons. The SMILES string of the molecule is CC(CO)C1(N)CCCNC1. The second-order valence-electron chi connectivity index (χ2n) is 3.60. The van der Waals surface area contributed by atoms with E-state index >= 15 is 0 Å². The number of nitrogens with one attached hydrogen (secondary N) is 1. The molecule has 0 aromatic heterocycles. The zero-order chi connectivity index (χ0) is 8.32. The van der Waals surface area contributed by atoms with Crippen LogP contribution >= 0.6 is 0 Å². The summed E-state index contributed by atoms with van der Waals surface area (Å²) in [6.45, 7) is 4.11. The van der Waals surface area contributed by atoms with Crippen LogP contribution in [0.2, 0.25) is 0 Å². The second-order valence-corrected chi connectivity index (χ2v) is 3.60. The van der Waals surface area contributed by atoms with Crippen LogP contribution in [-0.4, -0.2) is 30.3 Å². The molecule has 0 aromatic rings. The number of rotatable bonds is 2. The van der Waals surface area contributed by atoms with Gasteiger partial charge >= 0.3 is 0 Å². The molecule has 3 nitrogen and oxygen atoms in total. The molecule has 4 N–H and O–H groups in total. The molecule has 0 aromatic carbocycles. The number of aliphatic hydroxyl groups excluding tert-OH is 1. The van der Waals surface area contributed by atoms with Crippen molar-refractivity contribution in [3.63, 3.8) is 0 Å². The molecule has 0 bridgehead atoms. The van der Waals surface area contributed by atoms with Crippen molar-refractivity contribution in [3.05, 3.63) is 0 Å². The van der Waals surface area contributed by atoms with E-state index in [1.807, 2.05) is 6.92 Å². The lowest BCUT2D eigenvalue weighted by Gasteiger charge is -2.38. The van der Waals surface area contributed by atoms with Crippen molar-refractivity contribution in [2.45, 2.75) is 25.3 Å². The zero-order valence-electron chi connectivity index (χ0n) is 7.14. The minimum atomic E-state index is -0.174. The maximum absolute atomic E-state index is 8.94. The Morgan fingerprint density at radius 1 is 1.73 bits per heavy atom. The topological polar surface area (TPSA) is 58.3 Å². The Labute approximate surface area is 68.0 Å². The predicted molar refractivity (Wildman–Crippen MR) is 45.3 cm³/mol. The van der Waals surface area contributed by atoms with E-state index in [0.29, 0.717) is 0 Å². The van der Waals surface area contributed by atoms with E-state index < -0.39 is 0 Å². The van der Waals surface area contributed by atoms with Gasteiger partial charge in [0.2, 0.25) is 0 Å². The molecule has 0 spiro atoms. The number of aliphatic hydroxyl groups is 1. The smallest absolute Gasteiger partial charge is 0.0474 e. The highest BCUT2D eigenvalue weighted by Gasteiger charge is 2.32. The van der Waals surface area contributed by atoms with Crippen LogP contribution < -0.4 is 11.1 Å². The highest BCUT2D eigenvalue weighted by atomic mass is 16.3. The van der Waals surface area contributed by atoms with Gasteiger partial charge in [0.1, 0.15) is 0 Å². The van der Waals surface area contributed by atoms with E-state index in [-0.39, 0.29) is 18.1 Å². The minimum Gasteiger partial charge on any atom is -0.396 e. The van der Waals surface area contributed by atoms with Crippen molar-refractivity contribution in [1.82, 2.24) is 5.32 Å². The molecule has 1 saturated heterocycles. The van der Waals surface area contributed by atoms with Crippen LogP contribution in [0.4, 0.5) is 0 Å². The summed E-state index contributed by atoms with van der Waals surface area (Å²) in [5.74, 6) is 0.204. The molecule has 1 rings (SSSR count). The van der Waals surface area contributed by atoms with Crippen LogP contribution in [-0.2, 0) is 0 Å². The lowest BCUT2D eigenvalue weighted by atomic mass is 9.80. The first-order valence-electron chi connectivity index (χ1n) is 4.29. The molecule has 2 atom stereocenters. The van der Waals surface area contributed by atoms with Crippen LogP contribution in [0.15, 0.2) is 0 Å². The largest absolute Gasteiger partial charge is 0.396 e. The molecule has 1 heterocycles. The van der Waals surface area contributed by atoms with Gasteiger partial charge in [-0.2, -0.15) is 0 Å². The van der Waals surface area contributed by atoms with Crippen LogP contribution in [0, 0.1) is 5.92 Å². The summed E-state index contributed by atoms with van der Waals surface area (Å²) < 4.78 is 0. The van der Waals surface area contributed by atoms with Gasteiger partial charge in [0.15, 0.2) is 0 Å². The highest BCUT2D eigenvalue weighted by Crippen LogP contribution is 2.21. The number of nitrogens with two attached hydrogens (primary N) is 1. The van der Waals surface area contributed by atoms with Gasteiger partial charge in [-0.05, 0) is 25.3 Å². The van der Waals surface area contributed by atoms with Gasteiger partial charge in [-0.15, -0.1) is 0 Å². The number of hydrogen-bond donors (Lipinski definition) is 3. The van der Waals surface area contributed by atoms with Crippen LogP contribution in [0.3, 0.4) is 0 Å². The van der Waals surface area contributed by atoms with Crippen molar-refractivity contribution in [2.24, 2.45) is 11.7 Å². The summed E-state index contributed by atoms with van der Waals surface area (Å²) in [6, 6.07) is 0. The summed E-state index contributed by atoms with van der Waals surface area (Å²) in [4.78, 5) is 0. The Morgan fingerprint density at radius 2 is 2.45 bits per heavy atom. The molecule has 11 heavy (non-hydrogen) atoms. The highest BCUT2D eigenvalue weighted by molar-refractivity contribution is 4.93. The van der Waals surface area contributed by atoms with Crippen LogP contribution in [0.1, 0.15) is 19.8 Å². The third kappa shape index (κ3) is 1.92. The molecule has 1 fully saturated rings. The van der Waals surface area contributed by atoms with Gasteiger partial charge in [-0.25, -0.2) is 0 Å². The van der Waals surface area contributed by atoms with Gasteiger partial charge in [0, 0.05) is 18.7 Å². The van der Waals surface area contributed by atoms with Crippen molar-refractivity contribution in [3.8, 4) is 0 Å². The Kier molecular flexibility index (Phi) is 2.87. The predicted octanol–water partition coefficient (Wildman–Crippen LogP) is -0.304. The lowest BCUT2D eigenvalue weighted by molar-refractivity contribution is 0.141. The average molecular weight is 158 g/mol. The number of hydrogen-bond acceptors (Lipinski definition) is 3. The molecule has 1 aliphatic heterocycles.